The summed E-state index contributed by atoms with van der Waals surface area (Å²) >= 11 is 0. The largest absolute Gasteiger partial charge is 0.0622 e. The molecule has 0 heteroatoms. The number of aryl methyl sites for hydroxylation is 1. The van der Waals surface area contributed by atoms with Crippen molar-refractivity contribution < 1.29 is 0 Å². The summed E-state index contributed by atoms with van der Waals surface area (Å²) in [5.74, 6) is 0. The van der Waals surface area contributed by atoms with E-state index in [1.807, 2.05) is 0 Å². The second-order valence-corrected chi connectivity index (χ2v) is 27.7. The topological polar surface area (TPSA) is 0 Å². The van der Waals surface area contributed by atoms with Gasteiger partial charge < -0.3 is 0 Å². The van der Waals surface area contributed by atoms with E-state index in [4.69, 9.17) is 0 Å². The molecule has 0 spiro atoms. The second-order valence-electron chi connectivity index (χ2n) is 27.7. The van der Waals surface area contributed by atoms with Gasteiger partial charge in [-0.2, -0.15) is 0 Å². The first kappa shape index (κ1) is 62.5. The lowest BCUT2D eigenvalue weighted by molar-refractivity contribution is 1.51. The molecule has 0 aromatic heterocycles. The zero-order valence-corrected chi connectivity index (χ0v) is 58.2. The first-order valence-corrected chi connectivity index (χ1v) is 36.4. The fraction of sp³-hybridized carbons (Fsp3) is 0.00952. The van der Waals surface area contributed by atoms with Crippen molar-refractivity contribution in [1.82, 2.24) is 0 Å². The van der Waals surface area contributed by atoms with Crippen LogP contribution >= 0.6 is 0 Å². The van der Waals surface area contributed by atoms with Gasteiger partial charge in [0.1, 0.15) is 0 Å². The molecule has 0 N–H and O–H groups in total. The average molecular weight is 1330 g/mol. The Morgan fingerprint density at radius 3 is 0.724 bits per heavy atom. The predicted octanol–water partition coefficient (Wildman–Crippen LogP) is 29.6. The third-order valence-corrected chi connectivity index (χ3v) is 21.6. The molecule has 0 atom stereocenters. The minimum Gasteiger partial charge on any atom is -0.0622 e. The lowest BCUT2D eigenvalue weighted by atomic mass is 9.82. The van der Waals surface area contributed by atoms with Crippen LogP contribution in [0.2, 0.25) is 0 Å². The highest BCUT2D eigenvalue weighted by molar-refractivity contribution is 6.26. The number of rotatable bonds is 10. The molecule has 0 amide bonds. The van der Waals surface area contributed by atoms with Gasteiger partial charge in [-0.15, -0.1) is 0 Å². The number of fused-ring (bicyclic) bond motifs is 8. The number of hydrogen-bond acceptors (Lipinski definition) is 0. The van der Waals surface area contributed by atoms with Crippen LogP contribution in [-0.4, -0.2) is 0 Å². The fourth-order valence-corrected chi connectivity index (χ4v) is 16.7. The summed E-state index contributed by atoms with van der Waals surface area (Å²) in [5.41, 5.74) is 26.1. The first-order valence-electron chi connectivity index (χ1n) is 36.4. The van der Waals surface area contributed by atoms with E-state index in [2.05, 4.69) is 413 Å². The van der Waals surface area contributed by atoms with Crippen LogP contribution < -0.4 is 0 Å². The van der Waals surface area contributed by atoms with Gasteiger partial charge in [0.2, 0.25) is 0 Å². The predicted molar refractivity (Wildman–Crippen MR) is 452 cm³/mol. The van der Waals surface area contributed by atoms with Gasteiger partial charge in [0, 0.05) is 0 Å². The van der Waals surface area contributed by atoms with Gasteiger partial charge in [0.05, 0.1) is 0 Å². The number of hydrogen-bond donors (Lipinski definition) is 0. The standard InChI is InChI=1S/C70H46.C35H24/c1-3-19-47(20-4-1)49-35-39-51(40-36-49)55-23-7-9-25-57(55)69-63-31-15-11-27-59(63)67(60-28-12-16-32-64(60)69)53-43-45-54(46-44-53)68-61-29-13-17-33-65(61)70(66-34-18-14-30-62(66)68)58-26-10-8-24-56(58)52-41-37-50(38-42-52)48-21-5-2-6-22-48;1-23-14-19-32-33(20-23)35(29-18-16-25-9-3-5-11-27(25)22-29)31-13-7-6-12-30(31)34(32)28-17-15-24-8-2-4-10-26(24)21-28/h1-46H;2-22H,1H3. The molecular formula is C105H70. The molecule has 0 aliphatic heterocycles. The van der Waals surface area contributed by atoms with Crippen molar-refractivity contribution in [2.75, 3.05) is 0 Å². The summed E-state index contributed by atoms with van der Waals surface area (Å²) in [5, 5.41) is 20.2. The molecule has 490 valence electrons. The summed E-state index contributed by atoms with van der Waals surface area (Å²) in [6.45, 7) is 2.19. The first-order chi connectivity index (χ1) is 52.0. The fourth-order valence-electron chi connectivity index (χ4n) is 16.7. The normalized spacial score (nSPS) is 11.5. The van der Waals surface area contributed by atoms with E-state index in [1.165, 1.54) is 203 Å². The van der Waals surface area contributed by atoms with Gasteiger partial charge in [-0.05, 0) is 217 Å². The van der Waals surface area contributed by atoms with E-state index in [9.17, 15) is 0 Å². The summed E-state index contributed by atoms with van der Waals surface area (Å²) in [4.78, 5) is 0. The van der Waals surface area contributed by atoms with Crippen LogP contribution in [-0.2, 0) is 0 Å². The Morgan fingerprint density at radius 2 is 0.362 bits per heavy atom. The zero-order chi connectivity index (χ0) is 69.7. The highest BCUT2D eigenvalue weighted by Gasteiger charge is 2.23. The van der Waals surface area contributed by atoms with Gasteiger partial charge in [-0.3, -0.25) is 0 Å². The van der Waals surface area contributed by atoms with Crippen molar-refractivity contribution in [2.45, 2.75) is 6.92 Å². The van der Waals surface area contributed by atoms with E-state index >= 15 is 0 Å². The SMILES string of the molecule is Cc1ccc2c(-c3ccc4ccccc4c3)c3ccccc3c(-c3ccc4ccccc4c3)c2c1.c1ccc(-c2ccc(-c3ccccc3-c3c4ccccc4c(-c4ccc(-c5c6ccccc6c(-c6ccccc6-c6ccc(-c7ccccc7)cc6)c6ccccc56)cc4)c4ccccc34)cc2)cc1. The van der Waals surface area contributed by atoms with Gasteiger partial charge in [-0.1, -0.05) is 400 Å². The molecule has 0 heterocycles. The molecule has 0 aliphatic rings. The van der Waals surface area contributed by atoms with E-state index in [-0.39, 0.29) is 0 Å². The van der Waals surface area contributed by atoms with Crippen molar-refractivity contribution in [2.24, 2.45) is 0 Å². The van der Waals surface area contributed by atoms with Crippen molar-refractivity contribution in [1.29, 1.82) is 0 Å². The van der Waals surface area contributed by atoms with E-state index < -0.39 is 0 Å². The molecule has 0 saturated heterocycles. The molecular weight excluding hydrogens is 1260 g/mol. The Hall–Kier alpha value is -13.5. The van der Waals surface area contributed by atoms with Crippen molar-refractivity contribution in [3.05, 3.63) is 412 Å². The van der Waals surface area contributed by atoms with Crippen LogP contribution in [0.15, 0.2) is 406 Å². The molecule has 0 bridgehead atoms. The maximum atomic E-state index is 2.36. The van der Waals surface area contributed by atoms with E-state index in [1.54, 1.807) is 0 Å². The van der Waals surface area contributed by atoms with Gasteiger partial charge in [0.15, 0.2) is 0 Å². The maximum absolute atomic E-state index is 2.36. The molecule has 105 heavy (non-hydrogen) atoms. The van der Waals surface area contributed by atoms with Crippen LogP contribution in [0.3, 0.4) is 0 Å². The summed E-state index contributed by atoms with van der Waals surface area (Å²) in [6, 6.07) is 149. The number of benzene rings is 20. The summed E-state index contributed by atoms with van der Waals surface area (Å²) in [6.07, 6.45) is 0. The summed E-state index contributed by atoms with van der Waals surface area (Å²) < 4.78 is 0. The molecule has 0 fully saturated rings. The van der Waals surface area contributed by atoms with Crippen LogP contribution in [0, 0.1) is 6.92 Å². The molecule has 0 saturated carbocycles. The highest BCUT2D eigenvalue weighted by Crippen LogP contribution is 2.51. The lowest BCUT2D eigenvalue weighted by Crippen LogP contribution is -1.94. The zero-order valence-electron chi connectivity index (χ0n) is 58.2. The van der Waals surface area contributed by atoms with Gasteiger partial charge >= 0.3 is 0 Å². The Balaban J connectivity index is 0.000000180. The molecule has 0 radical (unpaired) electrons. The van der Waals surface area contributed by atoms with Crippen molar-refractivity contribution >= 4 is 86.2 Å². The van der Waals surface area contributed by atoms with Crippen LogP contribution in [0.1, 0.15) is 5.56 Å². The molecule has 0 unspecified atom stereocenters. The lowest BCUT2D eigenvalue weighted by Gasteiger charge is -2.21. The molecule has 20 rings (SSSR count). The monoisotopic (exact) mass is 1330 g/mol. The highest BCUT2D eigenvalue weighted by atomic mass is 14.3. The molecule has 20 aromatic rings. The van der Waals surface area contributed by atoms with E-state index in [0.29, 0.717) is 0 Å². The second kappa shape index (κ2) is 26.8. The van der Waals surface area contributed by atoms with Crippen molar-refractivity contribution in [3.8, 4) is 111 Å². The quantitative estimate of drug-likeness (QED) is 0.120. The third-order valence-electron chi connectivity index (χ3n) is 21.6. The summed E-state index contributed by atoms with van der Waals surface area (Å²) in [7, 11) is 0. The van der Waals surface area contributed by atoms with E-state index in [0.717, 1.165) is 0 Å². The van der Waals surface area contributed by atoms with Crippen LogP contribution in [0.5, 0.6) is 0 Å². The maximum Gasteiger partial charge on any atom is -0.00201 e. The van der Waals surface area contributed by atoms with Crippen LogP contribution in [0.25, 0.3) is 197 Å². The Labute approximate surface area is 612 Å². The molecule has 20 aromatic carbocycles. The smallest absolute Gasteiger partial charge is 0.00201 e. The van der Waals surface area contributed by atoms with Crippen molar-refractivity contribution in [3.63, 3.8) is 0 Å². The molecule has 0 aliphatic carbocycles. The Bertz CT molecular complexity index is 6340. The molecule has 0 nitrogen and oxygen atoms in total. The Morgan fingerprint density at radius 1 is 0.124 bits per heavy atom. The Kier molecular flexibility index (Phi) is 15.9. The van der Waals surface area contributed by atoms with Gasteiger partial charge in [0.25, 0.3) is 0 Å². The van der Waals surface area contributed by atoms with Crippen LogP contribution in [0.4, 0.5) is 0 Å². The third kappa shape index (κ3) is 11.3. The average Bonchev–Trinajstić information content (AvgIpc) is 0.739. The minimum absolute atomic E-state index is 1.20. The minimum atomic E-state index is 1.20. The van der Waals surface area contributed by atoms with Gasteiger partial charge in [-0.25, -0.2) is 0 Å².